The number of hydrogen-bond donors (Lipinski definition) is 1. The van der Waals surface area contributed by atoms with Gasteiger partial charge >= 0.3 is 0 Å². The van der Waals surface area contributed by atoms with Gasteiger partial charge in [0, 0.05) is 43.9 Å². The average Bonchev–Trinajstić information content (AvgIpc) is 2.82. The Morgan fingerprint density at radius 3 is 2.65 bits per heavy atom. The van der Waals surface area contributed by atoms with Gasteiger partial charge in [0.15, 0.2) is 11.5 Å². The second kappa shape index (κ2) is 9.11. The predicted molar refractivity (Wildman–Crippen MR) is 112 cm³/mol. The van der Waals surface area contributed by atoms with Crippen LogP contribution in [0.5, 0.6) is 17.4 Å². The lowest BCUT2D eigenvalue weighted by Gasteiger charge is -2.31. The third-order valence-corrected chi connectivity index (χ3v) is 7.35. The summed E-state index contributed by atoms with van der Waals surface area (Å²) >= 11 is 0. The topological polar surface area (TPSA) is 107 Å². The van der Waals surface area contributed by atoms with Gasteiger partial charge in [-0.1, -0.05) is 0 Å². The molecule has 2 aromatic rings. The van der Waals surface area contributed by atoms with Crippen molar-refractivity contribution in [3.63, 3.8) is 0 Å². The fourth-order valence-corrected chi connectivity index (χ4v) is 5.18. The van der Waals surface area contributed by atoms with E-state index in [2.05, 4.69) is 10.3 Å². The second-order valence-electron chi connectivity index (χ2n) is 7.41. The zero-order valence-corrected chi connectivity index (χ0v) is 18.1. The number of hydrogen-bond acceptors (Lipinski definition) is 7. The molecule has 1 saturated heterocycles. The molecular weight excluding hydrogens is 422 g/mol. The van der Waals surface area contributed by atoms with Gasteiger partial charge in [0.05, 0.1) is 12.0 Å². The SMILES string of the molecule is COc1cc(CNC(=O)C2CCN(S(=O)(=O)c3ccc4c(c3)OCCO4)CC2)ccn1. The number of benzene rings is 1. The summed E-state index contributed by atoms with van der Waals surface area (Å²) in [6.07, 6.45) is 2.56. The van der Waals surface area contributed by atoms with Crippen LogP contribution >= 0.6 is 0 Å². The molecule has 0 aliphatic carbocycles. The normalized spacial score (nSPS) is 17.2. The second-order valence-corrected chi connectivity index (χ2v) is 9.35. The summed E-state index contributed by atoms with van der Waals surface area (Å²) in [6, 6.07) is 8.24. The van der Waals surface area contributed by atoms with Crippen molar-refractivity contribution < 1.29 is 27.4 Å². The first-order valence-corrected chi connectivity index (χ1v) is 11.6. The number of nitrogens with zero attached hydrogens (tertiary/aromatic N) is 2. The number of carbonyl (C=O) groups is 1. The molecule has 0 bridgehead atoms. The highest BCUT2D eigenvalue weighted by molar-refractivity contribution is 7.89. The van der Waals surface area contributed by atoms with Crippen molar-refractivity contribution >= 4 is 15.9 Å². The molecule has 0 unspecified atom stereocenters. The molecule has 1 amide bonds. The molecule has 2 aliphatic heterocycles. The number of methoxy groups -OCH3 is 1. The van der Waals surface area contributed by atoms with Gasteiger partial charge in [0.1, 0.15) is 13.2 Å². The fraction of sp³-hybridized carbons (Fsp3) is 0.429. The average molecular weight is 448 g/mol. The summed E-state index contributed by atoms with van der Waals surface area (Å²) in [6.45, 7) is 1.79. The highest BCUT2D eigenvalue weighted by Crippen LogP contribution is 2.34. The lowest BCUT2D eigenvalue weighted by atomic mass is 9.97. The van der Waals surface area contributed by atoms with Crippen LogP contribution in [-0.4, -0.2) is 57.0 Å². The Balaban J connectivity index is 1.33. The largest absolute Gasteiger partial charge is 0.486 e. The number of aromatic nitrogens is 1. The molecular formula is C21H25N3O6S. The first kappa shape index (κ1) is 21.4. The van der Waals surface area contributed by atoms with E-state index in [0.29, 0.717) is 50.0 Å². The fourth-order valence-electron chi connectivity index (χ4n) is 3.70. The summed E-state index contributed by atoms with van der Waals surface area (Å²) < 4.78 is 43.5. The first-order chi connectivity index (χ1) is 15.0. The van der Waals surface area contributed by atoms with Crippen molar-refractivity contribution in [2.45, 2.75) is 24.3 Å². The van der Waals surface area contributed by atoms with Gasteiger partial charge in [0.2, 0.25) is 21.8 Å². The summed E-state index contributed by atoms with van der Waals surface area (Å²) in [4.78, 5) is 16.8. The van der Waals surface area contributed by atoms with E-state index in [4.69, 9.17) is 14.2 Å². The highest BCUT2D eigenvalue weighted by atomic mass is 32.2. The Labute approximate surface area is 181 Å². The number of amides is 1. The van der Waals surface area contributed by atoms with E-state index in [0.717, 1.165) is 5.56 Å². The van der Waals surface area contributed by atoms with Crippen LogP contribution in [0.25, 0.3) is 0 Å². The van der Waals surface area contributed by atoms with Crippen LogP contribution in [0.15, 0.2) is 41.4 Å². The van der Waals surface area contributed by atoms with Gasteiger partial charge in [-0.3, -0.25) is 4.79 Å². The van der Waals surface area contributed by atoms with Gasteiger partial charge in [-0.05, 0) is 36.6 Å². The summed E-state index contributed by atoms with van der Waals surface area (Å²) in [7, 11) is -2.12. The van der Waals surface area contributed by atoms with Gasteiger partial charge < -0.3 is 19.5 Å². The number of pyridine rings is 1. The Morgan fingerprint density at radius 2 is 1.90 bits per heavy atom. The zero-order valence-electron chi connectivity index (χ0n) is 17.2. The van der Waals surface area contributed by atoms with Gasteiger partial charge in [-0.15, -0.1) is 0 Å². The Kier molecular flexibility index (Phi) is 6.28. The maximum Gasteiger partial charge on any atom is 0.243 e. The van der Waals surface area contributed by atoms with Crippen molar-refractivity contribution in [2.75, 3.05) is 33.4 Å². The van der Waals surface area contributed by atoms with Crippen LogP contribution < -0.4 is 19.5 Å². The smallest absolute Gasteiger partial charge is 0.243 e. The molecule has 1 N–H and O–H groups in total. The molecule has 1 fully saturated rings. The van der Waals surface area contributed by atoms with Gasteiger partial charge in [-0.2, -0.15) is 4.31 Å². The molecule has 0 radical (unpaired) electrons. The van der Waals surface area contributed by atoms with Crippen LogP contribution in [0.2, 0.25) is 0 Å². The van der Waals surface area contributed by atoms with Crippen LogP contribution in [0, 0.1) is 5.92 Å². The molecule has 166 valence electrons. The quantitative estimate of drug-likeness (QED) is 0.716. The molecule has 31 heavy (non-hydrogen) atoms. The molecule has 1 aromatic carbocycles. The van der Waals surface area contributed by atoms with Crippen molar-refractivity contribution in [1.29, 1.82) is 0 Å². The van der Waals surface area contributed by atoms with Crippen molar-refractivity contribution in [2.24, 2.45) is 5.92 Å². The number of ether oxygens (including phenoxy) is 3. The van der Waals surface area contributed by atoms with Crippen molar-refractivity contribution in [3.05, 3.63) is 42.1 Å². The highest BCUT2D eigenvalue weighted by Gasteiger charge is 2.32. The summed E-state index contributed by atoms with van der Waals surface area (Å²) in [5.74, 6) is 1.17. The van der Waals surface area contributed by atoms with Crippen LogP contribution in [0.1, 0.15) is 18.4 Å². The zero-order chi connectivity index (χ0) is 21.8. The standard InChI is InChI=1S/C21H25N3O6S/c1-28-20-12-15(4-7-22-20)14-23-21(25)16-5-8-24(9-6-16)31(26,27)17-2-3-18-19(13-17)30-11-10-29-18/h2-4,7,12-13,16H,5-6,8-11,14H2,1H3,(H,23,25). The van der Waals surface area contributed by atoms with E-state index in [1.807, 2.05) is 6.07 Å². The maximum absolute atomic E-state index is 13.0. The molecule has 2 aliphatic rings. The number of rotatable bonds is 6. The number of piperidine rings is 1. The summed E-state index contributed by atoms with van der Waals surface area (Å²) in [5.41, 5.74) is 0.888. The molecule has 1 aromatic heterocycles. The third kappa shape index (κ3) is 4.75. The Bertz CT molecular complexity index is 1050. The van der Waals surface area contributed by atoms with E-state index in [9.17, 15) is 13.2 Å². The molecule has 0 spiro atoms. The molecule has 0 saturated carbocycles. The molecule has 9 nitrogen and oxygen atoms in total. The minimum atomic E-state index is -3.66. The minimum Gasteiger partial charge on any atom is -0.486 e. The Hall–Kier alpha value is -2.85. The maximum atomic E-state index is 13.0. The number of fused-ring (bicyclic) bond motifs is 1. The minimum absolute atomic E-state index is 0.0767. The molecule has 0 atom stereocenters. The molecule has 3 heterocycles. The van der Waals surface area contributed by atoms with E-state index in [1.54, 1.807) is 18.3 Å². The van der Waals surface area contributed by atoms with E-state index in [1.165, 1.54) is 23.5 Å². The van der Waals surface area contributed by atoms with E-state index < -0.39 is 10.0 Å². The first-order valence-electron chi connectivity index (χ1n) is 10.1. The number of nitrogens with one attached hydrogen (secondary N) is 1. The number of carbonyl (C=O) groups excluding carboxylic acids is 1. The third-order valence-electron chi connectivity index (χ3n) is 5.45. The van der Waals surface area contributed by atoms with E-state index >= 15 is 0 Å². The monoisotopic (exact) mass is 447 g/mol. The Morgan fingerprint density at radius 1 is 1.16 bits per heavy atom. The summed E-state index contributed by atoms with van der Waals surface area (Å²) in [5, 5.41) is 2.92. The predicted octanol–water partition coefficient (Wildman–Crippen LogP) is 1.58. The lowest BCUT2D eigenvalue weighted by Crippen LogP contribution is -2.42. The van der Waals surface area contributed by atoms with E-state index in [-0.39, 0.29) is 29.8 Å². The molecule has 10 heteroatoms. The van der Waals surface area contributed by atoms with Gasteiger partial charge in [-0.25, -0.2) is 13.4 Å². The molecule has 4 rings (SSSR count). The van der Waals surface area contributed by atoms with Crippen molar-refractivity contribution in [3.8, 4) is 17.4 Å². The van der Waals surface area contributed by atoms with Crippen LogP contribution in [0.3, 0.4) is 0 Å². The van der Waals surface area contributed by atoms with Crippen LogP contribution in [-0.2, 0) is 21.4 Å². The lowest BCUT2D eigenvalue weighted by molar-refractivity contribution is -0.126. The van der Waals surface area contributed by atoms with Crippen LogP contribution in [0.4, 0.5) is 0 Å². The number of sulfonamides is 1. The van der Waals surface area contributed by atoms with Crippen molar-refractivity contribution in [1.82, 2.24) is 14.6 Å². The van der Waals surface area contributed by atoms with Gasteiger partial charge in [0.25, 0.3) is 0 Å².